The van der Waals surface area contributed by atoms with Crippen molar-refractivity contribution in [2.75, 3.05) is 0 Å². The van der Waals surface area contributed by atoms with Gasteiger partial charge in [0.05, 0.1) is 5.69 Å². The van der Waals surface area contributed by atoms with Crippen molar-refractivity contribution in [2.24, 2.45) is 5.73 Å². The predicted molar refractivity (Wildman–Crippen MR) is 73.2 cm³/mol. The summed E-state index contributed by atoms with van der Waals surface area (Å²) in [5.74, 6) is 0.603. The third kappa shape index (κ3) is 1.76. The molecule has 1 atom stereocenters. The van der Waals surface area contributed by atoms with E-state index >= 15 is 0 Å². The second-order valence-electron chi connectivity index (χ2n) is 4.51. The summed E-state index contributed by atoms with van der Waals surface area (Å²) >= 11 is 5.05. The Morgan fingerprint density at radius 3 is 2.88 bits per heavy atom. The Bertz CT molecular complexity index is 571. The van der Waals surface area contributed by atoms with Crippen LogP contribution in [0, 0.1) is 0 Å². The van der Waals surface area contributed by atoms with E-state index in [-0.39, 0.29) is 0 Å². The third-order valence-electron chi connectivity index (χ3n) is 3.46. The molecule has 2 aromatic rings. The molecular formula is C14H14N2S. The van der Waals surface area contributed by atoms with Crippen LogP contribution >= 0.6 is 12.2 Å². The highest BCUT2D eigenvalue weighted by Crippen LogP contribution is 2.36. The summed E-state index contributed by atoms with van der Waals surface area (Å²) in [6.07, 6.45) is 3.21. The molecule has 3 heteroatoms. The molecule has 1 unspecified atom stereocenters. The van der Waals surface area contributed by atoms with Gasteiger partial charge in [0.15, 0.2) is 0 Å². The molecule has 3 rings (SSSR count). The lowest BCUT2D eigenvalue weighted by molar-refractivity contribution is 0.508. The van der Waals surface area contributed by atoms with Crippen LogP contribution in [0.2, 0.25) is 0 Å². The van der Waals surface area contributed by atoms with Crippen LogP contribution in [-0.4, -0.2) is 9.56 Å². The van der Waals surface area contributed by atoms with Crippen molar-refractivity contribution in [3.63, 3.8) is 0 Å². The average Bonchev–Trinajstić information content (AvgIpc) is 2.74. The minimum absolute atomic E-state index is 0.475. The highest BCUT2D eigenvalue weighted by Gasteiger charge is 2.25. The van der Waals surface area contributed by atoms with Gasteiger partial charge in [0.1, 0.15) is 4.99 Å². The number of benzene rings is 1. The summed E-state index contributed by atoms with van der Waals surface area (Å²) < 4.78 is 2.16. The van der Waals surface area contributed by atoms with Gasteiger partial charge in [0.25, 0.3) is 0 Å². The van der Waals surface area contributed by atoms with Gasteiger partial charge in [-0.05, 0) is 29.7 Å². The van der Waals surface area contributed by atoms with Crippen molar-refractivity contribution >= 4 is 17.2 Å². The first-order chi connectivity index (χ1) is 8.25. The fraction of sp³-hybridized carbons (Fsp3) is 0.214. The van der Waals surface area contributed by atoms with E-state index in [1.54, 1.807) is 0 Å². The minimum atomic E-state index is 0.475. The molecule has 86 valence electrons. The molecule has 0 bridgehead atoms. The Hall–Kier alpha value is -1.61. The number of rotatable bonds is 3. The number of hydrogen-bond donors (Lipinski definition) is 1. The predicted octanol–water partition coefficient (Wildman–Crippen LogP) is 2.46. The standard InChI is InChI=1S/C14H14N2S/c15-14(17)13-6-3-7-16(13)9-11-8-10-4-1-2-5-12(10)11/h1-7,11H,8-9H2,(H2,15,17). The molecule has 0 amide bonds. The smallest absolute Gasteiger partial charge is 0.120 e. The van der Waals surface area contributed by atoms with Crippen LogP contribution in [0.3, 0.4) is 0 Å². The average molecular weight is 242 g/mol. The molecular weight excluding hydrogens is 228 g/mol. The Kier molecular flexibility index (Phi) is 2.48. The highest BCUT2D eigenvalue weighted by molar-refractivity contribution is 7.80. The van der Waals surface area contributed by atoms with E-state index < -0.39 is 0 Å². The fourth-order valence-corrected chi connectivity index (χ4v) is 2.75. The summed E-state index contributed by atoms with van der Waals surface area (Å²) in [4.78, 5) is 0.475. The van der Waals surface area contributed by atoms with E-state index in [4.69, 9.17) is 18.0 Å². The SMILES string of the molecule is NC(=S)c1cccn1CC1Cc2ccccc21. The first kappa shape index (κ1) is 10.5. The molecule has 1 aromatic carbocycles. The molecule has 0 saturated heterocycles. The van der Waals surface area contributed by atoms with Crippen LogP contribution in [0.25, 0.3) is 0 Å². The number of nitrogens with two attached hydrogens (primary N) is 1. The monoisotopic (exact) mass is 242 g/mol. The molecule has 0 aliphatic heterocycles. The Morgan fingerprint density at radius 2 is 2.12 bits per heavy atom. The van der Waals surface area contributed by atoms with Gasteiger partial charge < -0.3 is 10.3 Å². The molecule has 0 fully saturated rings. The number of aromatic nitrogens is 1. The summed E-state index contributed by atoms with van der Waals surface area (Å²) in [6, 6.07) is 12.6. The van der Waals surface area contributed by atoms with Crippen molar-refractivity contribution in [1.82, 2.24) is 4.57 Å². The van der Waals surface area contributed by atoms with E-state index in [0.717, 1.165) is 18.7 Å². The zero-order valence-corrected chi connectivity index (χ0v) is 10.3. The van der Waals surface area contributed by atoms with Crippen LogP contribution in [0.1, 0.15) is 22.7 Å². The molecule has 2 nitrogen and oxygen atoms in total. The molecule has 1 aliphatic rings. The maximum Gasteiger partial charge on any atom is 0.120 e. The zero-order valence-electron chi connectivity index (χ0n) is 9.47. The molecule has 0 saturated carbocycles. The highest BCUT2D eigenvalue weighted by atomic mass is 32.1. The van der Waals surface area contributed by atoms with Crippen LogP contribution < -0.4 is 5.73 Å². The third-order valence-corrected chi connectivity index (χ3v) is 3.67. The molecule has 2 N–H and O–H groups in total. The fourth-order valence-electron chi connectivity index (χ4n) is 2.56. The number of thiocarbonyl (C=S) groups is 1. The van der Waals surface area contributed by atoms with E-state index in [1.807, 2.05) is 12.1 Å². The van der Waals surface area contributed by atoms with Gasteiger partial charge in [-0.15, -0.1) is 0 Å². The maximum atomic E-state index is 5.70. The topological polar surface area (TPSA) is 30.9 Å². The first-order valence-electron chi connectivity index (χ1n) is 5.78. The molecule has 0 radical (unpaired) electrons. The van der Waals surface area contributed by atoms with Crippen molar-refractivity contribution in [3.05, 3.63) is 59.4 Å². The summed E-state index contributed by atoms with van der Waals surface area (Å²) in [6.45, 7) is 0.969. The lowest BCUT2D eigenvalue weighted by Crippen LogP contribution is -2.24. The summed E-state index contributed by atoms with van der Waals surface area (Å²) in [5.41, 5.74) is 9.60. The molecule has 1 heterocycles. The minimum Gasteiger partial charge on any atom is -0.388 e. The van der Waals surface area contributed by atoms with Crippen LogP contribution in [0.4, 0.5) is 0 Å². The molecule has 0 spiro atoms. The zero-order chi connectivity index (χ0) is 11.8. The van der Waals surface area contributed by atoms with E-state index in [9.17, 15) is 0 Å². The quantitative estimate of drug-likeness (QED) is 0.838. The molecule has 17 heavy (non-hydrogen) atoms. The largest absolute Gasteiger partial charge is 0.388 e. The Labute approximate surface area is 106 Å². The first-order valence-corrected chi connectivity index (χ1v) is 6.19. The van der Waals surface area contributed by atoms with Gasteiger partial charge in [-0.2, -0.15) is 0 Å². The van der Waals surface area contributed by atoms with Gasteiger partial charge >= 0.3 is 0 Å². The number of hydrogen-bond acceptors (Lipinski definition) is 1. The molecule has 1 aromatic heterocycles. The van der Waals surface area contributed by atoms with E-state index in [1.165, 1.54) is 11.1 Å². The van der Waals surface area contributed by atoms with Crippen LogP contribution in [0.5, 0.6) is 0 Å². The van der Waals surface area contributed by atoms with Gasteiger partial charge in [-0.25, -0.2) is 0 Å². The Morgan fingerprint density at radius 1 is 1.29 bits per heavy atom. The lowest BCUT2D eigenvalue weighted by Gasteiger charge is -2.30. The van der Waals surface area contributed by atoms with Gasteiger partial charge in [-0.1, -0.05) is 36.5 Å². The maximum absolute atomic E-state index is 5.70. The Balaban J connectivity index is 1.82. The normalized spacial score (nSPS) is 17.3. The second kappa shape index (κ2) is 4.00. The lowest BCUT2D eigenvalue weighted by atomic mass is 9.77. The number of nitrogens with zero attached hydrogens (tertiary/aromatic N) is 1. The molecule has 1 aliphatic carbocycles. The van der Waals surface area contributed by atoms with E-state index in [2.05, 4.69) is 35.0 Å². The van der Waals surface area contributed by atoms with E-state index in [0.29, 0.717) is 10.9 Å². The number of fused-ring (bicyclic) bond motifs is 1. The summed E-state index contributed by atoms with van der Waals surface area (Å²) in [7, 11) is 0. The van der Waals surface area contributed by atoms with Gasteiger partial charge in [-0.3, -0.25) is 0 Å². The summed E-state index contributed by atoms with van der Waals surface area (Å²) in [5, 5.41) is 0. The van der Waals surface area contributed by atoms with Crippen LogP contribution in [0.15, 0.2) is 42.6 Å². The van der Waals surface area contributed by atoms with Crippen molar-refractivity contribution in [2.45, 2.75) is 18.9 Å². The second-order valence-corrected chi connectivity index (χ2v) is 4.95. The van der Waals surface area contributed by atoms with Gasteiger partial charge in [0, 0.05) is 18.7 Å². The van der Waals surface area contributed by atoms with Crippen LogP contribution in [-0.2, 0) is 13.0 Å². The van der Waals surface area contributed by atoms with Crippen molar-refractivity contribution < 1.29 is 0 Å². The van der Waals surface area contributed by atoms with Crippen molar-refractivity contribution in [1.29, 1.82) is 0 Å². The van der Waals surface area contributed by atoms with Crippen molar-refractivity contribution in [3.8, 4) is 0 Å². The van der Waals surface area contributed by atoms with Gasteiger partial charge in [0.2, 0.25) is 0 Å².